The summed E-state index contributed by atoms with van der Waals surface area (Å²) >= 11 is 0. The Bertz CT molecular complexity index is 1360. The van der Waals surface area contributed by atoms with Crippen molar-refractivity contribution in [1.29, 1.82) is 0 Å². The average molecular weight is 493 g/mol. The zero-order chi connectivity index (χ0) is 24.6. The van der Waals surface area contributed by atoms with Gasteiger partial charge in [0.2, 0.25) is 0 Å². The fourth-order valence-corrected chi connectivity index (χ4v) is 5.78. The molecule has 0 radical (unpaired) electrons. The number of aromatic nitrogens is 1. The molecule has 184 valence electrons. The second-order valence-corrected chi connectivity index (χ2v) is 11.6. The molecular formula is C27H32N4O3S. The number of pyridine rings is 1. The highest BCUT2D eigenvalue weighted by atomic mass is 32.2. The van der Waals surface area contributed by atoms with Gasteiger partial charge >= 0.3 is 0 Å². The highest BCUT2D eigenvalue weighted by molar-refractivity contribution is 7.90. The summed E-state index contributed by atoms with van der Waals surface area (Å²) in [5.74, 6) is 0.833. The van der Waals surface area contributed by atoms with Crippen LogP contribution in [-0.2, 0) is 9.84 Å². The first-order valence-corrected chi connectivity index (χ1v) is 14.2. The first-order valence-electron chi connectivity index (χ1n) is 12.3. The van der Waals surface area contributed by atoms with Crippen molar-refractivity contribution in [3.05, 3.63) is 59.7 Å². The SMILES string of the molecule is Cc1cc(N2CCN(C(=O)c3cc(S(C)(=O)=O)ccc3N3CCCCC3)CC2)nc2ccccc12. The summed E-state index contributed by atoms with van der Waals surface area (Å²) in [4.78, 5) is 25.0. The maximum Gasteiger partial charge on any atom is 0.256 e. The largest absolute Gasteiger partial charge is 0.371 e. The number of piperidine rings is 1. The van der Waals surface area contributed by atoms with E-state index in [0.29, 0.717) is 31.7 Å². The van der Waals surface area contributed by atoms with Crippen molar-refractivity contribution in [1.82, 2.24) is 9.88 Å². The van der Waals surface area contributed by atoms with Gasteiger partial charge < -0.3 is 14.7 Å². The number of nitrogens with zero attached hydrogens (tertiary/aromatic N) is 4. The van der Waals surface area contributed by atoms with Crippen LogP contribution in [0.4, 0.5) is 11.5 Å². The highest BCUT2D eigenvalue weighted by Gasteiger charge is 2.28. The molecular weight excluding hydrogens is 460 g/mol. The number of piperazine rings is 1. The van der Waals surface area contributed by atoms with E-state index in [1.807, 2.05) is 29.2 Å². The lowest BCUT2D eigenvalue weighted by Crippen LogP contribution is -2.49. The molecule has 5 rings (SSSR count). The first kappa shape index (κ1) is 23.6. The number of carbonyl (C=O) groups is 1. The minimum atomic E-state index is -3.41. The summed E-state index contributed by atoms with van der Waals surface area (Å²) in [6, 6.07) is 15.3. The predicted molar refractivity (Wildman–Crippen MR) is 140 cm³/mol. The molecule has 2 fully saturated rings. The van der Waals surface area contributed by atoms with Crippen LogP contribution in [0.5, 0.6) is 0 Å². The molecule has 1 amide bonds. The number of benzene rings is 2. The van der Waals surface area contributed by atoms with Crippen molar-refractivity contribution in [2.75, 3.05) is 55.3 Å². The van der Waals surface area contributed by atoms with Crippen molar-refractivity contribution in [3.63, 3.8) is 0 Å². The monoisotopic (exact) mass is 492 g/mol. The Morgan fingerprint density at radius 3 is 2.29 bits per heavy atom. The summed E-state index contributed by atoms with van der Waals surface area (Å²) in [7, 11) is -3.41. The van der Waals surface area contributed by atoms with Gasteiger partial charge in [-0.25, -0.2) is 13.4 Å². The smallest absolute Gasteiger partial charge is 0.256 e. The fraction of sp³-hybridized carbons (Fsp3) is 0.407. The number of hydrogen-bond donors (Lipinski definition) is 0. The quantitative estimate of drug-likeness (QED) is 0.550. The van der Waals surface area contributed by atoms with E-state index in [1.165, 1.54) is 18.2 Å². The number of fused-ring (bicyclic) bond motifs is 1. The van der Waals surface area contributed by atoms with Gasteiger partial charge in [0.15, 0.2) is 9.84 Å². The van der Waals surface area contributed by atoms with E-state index in [0.717, 1.165) is 48.3 Å². The van der Waals surface area contributed by atoms with Gasteiger partial charge in [0, 0.05) is 56.6 Å². The molecule has 2 aliphatic rings. The lowest BCUT2D eigenvalue weighted by Gasteiger charge is -2.37. The van der Waals surface area contributed by atoms with Gasteiger partial charge in [0.05, 0.1) is 16.0 Å². The Hall–Kier alpha value is -3.13. The predicted octanol–water partition coefficient (Wildman–Crippen LogP) is 3.90. The second kappa shape index (κ2) is 9.49. The van der Waals surface area contributed by atoms with Gasteiger partial charge in [-0.05, 0) is 62.1 Å². The van der Waals surface area contributed by atoms with E-state index >= 15 is 0 Å². The minimum Gasteiger partial charge on any atom is -0.371 e. The lowest BCUT2D eigenvalue weighted by atomic mass is 10.1. The molecule has 1 aromatic heterocycles. The zero-order valence-corrected chi connectivity index (χ0v) is 21.2. The Balaban J connectivity index is 1.38. The molecule has 0 bridgehead atoms. The van der Waals surface area contributed by atoms with Gasteiger partial charge in [-0.15, -0.1) is 0 Å². The Kier molecular flexibility index (Phi) is 6.40. The van der Waals surface area contributed by atoms with E-state index in [4.69, 9.17) is 4.98 Å². The molecule has 0 atom stereocenters. The summed E-state index contributed by atoms with van der Waals surface area (Å²) in [5, 5.41) is 1.15. The van der Waals surface area contributed by atoms with Crippen molar-refractivity contribution in [3.8, 4) is 0 Å². The molecule has 0 N–H and O–H groups in total. The van der Waals surface area contributed by atoms with Crippen LogP contribution in [0.3, 0.4) is 0 Å². The van der Waals surface area contributed by atoms with E-state index in [-0.39, 0.29) is 10.8 Å². The van der Waals surface area contributed by atoms with E-state index in [9.17, 15) is 13.2 Å². The average Bonchev–Trinajstić information content (AvgIpc) is 2.88. The maximum atomic E-state index is 13.7. The standard InChI is InChI=1S/C27H32N4O3S/c1-20-18-26(28-24-9-5-4-8-22(20)24)30-14-16-31(17-15-30)27(32)23-19-21(35(2,33)34)10-11-25(23)29-12-6-3-7-13-29/h4-5,8-11,18-19H,3,6-7,12-17H2,1-2H3. The summed E-state index contributed by atoms with van der Waals surface area (Å²) in [6.07, 6.45) is 4.54. The first-order chi connectivity index (χ1) is 16.8. The van der Waals surface area contributed by atoms with Crippen LogP contribution < -0.4 is 9.80 Å². The van der Waals surface area contributed by atoms with E-state index in [1.54, 1.807) is 12.1 Å². The number of para-hydroxylation sites is 1. The molecule has 0 unspecified atom stereocenters. The topological polar surface area (TPSA) is 73.8 Å². The van der Waals surface area contributed by atoms with Gasteiger partial charge in [0.1, 0.15) is 5.82 Å². The summed E-state index contributed by atoms with van der Waals surface area (Å²) in [6.45, 7) is 6.37. The Labute approximate surface area is 207 Å². The van der Waals surface area contributed by atoms with Crippen molar-refractivity contribution < 1.29 is 13.2 Å². The molecule has 0 aliphatic carbocycles. The molecule has 35 heavy (non-hydrogen) atoms. The van der Waals surface area contributed by atoms with Crippen molar-refractivity contribution >= 4 is 38.2 Å². The Morgan fingerprint density at radius 2 is 1.57 bits per heavy atom. The summed E-state index contributed by atoms with van der Waals surface area (Å²) in [5.41, 5.74) is 3.50. The Morgan fingerprint density at radius 1 is 0.857 bits per heavy atom. The van der Waals surface area contributed by atoms with Crippen LogP contribution in [0.2, 0.25) is 0 Å². The highest BCUT2D eigenvalue weighted by Crippen LogP contribution is 2.29. The van der Waals surface area contributed by atoms with E-state index in [2.05, 4.69) is 28.9 Å². The minimum absolute atomic E-state index is 0.0987. The molecule has 0 saturated carbocycles. The number of amides is 1. The van der Waals surface area contributed by atoms with Crippen LogP contribution >= 0.6 is 0 Å². The number of anilines is 2. The maximum absolute atomic E-state index is 13.7. The number of aryl methyl sites for hydroxylation is 1. The summed E-state index contributed by atoms with van der Waals surface area (Å²) < 4.78 is 24.5. The lowest BCUT2D eigenvalue weighted by molar-refractivity contribution is 0.0747. The number of hydrogen-bond acceptors (Lipinski definition) is 6. The van der Waals surface area contributed by atoms with Crippen LogP contribution in [0.25, 0.3) is 10.9 Å². The molecule has 2 saturated heterocycles. The second-order valence-electron chi connectivity index (χ2n) is 9.59. The van der Waals surface area contributed by atoms with Crippen LogP contribution in [0, 0.1) is 6.92 Å². The number of rotatable bonds is 4. The van der Waals surface area contributed by atoms with Gasteiger partial charge in [-0.1, -0.05) is 18.2 Å². The molecule has 3 heterocycles. The van der Waals surface area contributed by atoms with E-state index < -0.39 is 9.84 Å². The molecule has 2 aromatic carbocycles. The van der Waals surface area contributed by atoms with Crippen LogP contribution in [0.1, 0.15) is 35.2 Å². The third-order valence-electron chi connectivity index (χ3n) is 7.12. The molecule has 0 spiro atoms. The fourth-order valence-electron chi connectivity index (χ4n) is 5.13. The third-order valence-corrected chi connectivity index (χ3v) is 8.23. The third kappa shape index (κ3) is 4.85. The van der Waals surface area contributed by atoms with Crippen molar-refractivity contribution in [2.24, 2.45) is 0 Å². The normalized spacial score (nSPS) is 17.1. The molecule has 8 heteroatoms. The van der Waals surface area contributed by atoms with Crippen LogP contribution in [-0.4, -0.2) is 69.7 Å². The molecule has 2 aliphatic heterocycles. The zero-order valence-electron chi connectivity index (χ0n) is 20.4. The number of sulfone groups is 1. The number of carbonyl (C=O) groups excluding carboxylic acids is 1. The van der Waals surface area contributed by atoms with Crippen molar-refractivity contribution in [2.45, 2.75) is 31.1 Å². The molecule has 7 nitrogen and oxygen atoms in total. The van der Waals surface area contributed by atoms with Crippen LogP contribution in [0.15, 0.2) is 53.4 Å². The molecule has 3 aromatic rings. The van der Waals surface area contributed by atoms with Gasteiger partial charge in [-0.3, -0.25) is 4.79 Å². The van der Waals surface area contributed by atoms with Gasteiger partial charge in [0.25, 0.3) is 5.91 Å². The van der Waals surface area contributed by atoms with Gasteiger partial charge in [-0.2, -0.15) is 0 Å².